The second-order valence-corrected chi connectivity index (χ2v) is 6.49. The minimum atomic E-state index is -0.192. The highest BCUT2D eigenvalue weighted by molar-refractivity contribution is 5.94. The summed E-state index contributed by atoms with van der Waals surface area (Å²) in [6, 6.07) is 16.2. The van der Waals surface area contributed by atoms with Gasteiger partial charge in [0.05, 0.1) is 0 Å². The topological polar surface area (TPSA) is 87.3 Å². The highest BCUT2D eigenvalue weighted by Gasteiger charge is 2.08. The Kier molecular flexibility index (Phi) is 7.55. The standard InChI is InChI=1S/C21H25N3O3/c1-15(2)20(26)24-18-10-8-16(9-11-18)14-23-19(25)12-13-22-21(27)17-6-4-3-5-7-17/h3-11,15H,12-14H2,1-2H3,(H,22,27)(H,23,25)(H,24,26). The van der Waals surface area contributed by atoms with Gasteiger partial charge in [0.2, 0.25) is 11.8 Å². The molecule has 0 bridgehead atoms. The lowest BCUT2D eigenvalue weighted by Gasteiger charge is -2.09. The van der Waals surface area contributed by atoms with Gasteiger partial charge in [-0.15, -0.1) is 0 Å². The minimum absolute atomic E-state index is 0.0337. The van der Waals surface area contributed by atoms with Gasteiger partial charge in [-0.2, -0.15) is 0 Å². The van der Waals surface area contributed by atoms with E-state index in [0.29, 0.717) is 12.1 Å². The molecule has 0 fully saturated rings. The molecule has 0 spiro atoms. The van der Waals surface area contributed by atoms with E-state index in [0.717, 1.165) is 11.3 Å². The molecule has 2 aromatic carbocycles. The third-order valence-electron chi connectivity index (χ3n) is 3.91. The maximum atomic E-state index is 11.9. The van der Waals surface area contributed by atoms with Gasteiger partial charge in [0.15, 0.2) is 0 Å². The van der Waals surface area contributed by atoms with E-state index in [2.05, 4.69) is 16.0 Å². The molecule has 0 aliphatic carbocycles. The molecule has 3 N–H and O–H groups in total. The molecule has 2 rings (SSSR count). The lowest BCUT2D eigenvalue weighted by molar-refractivity contribution is -0.121. The van der Waals surface area contributed by atoms with Crippen molar-refractivity contribution in [1.29, 1.82) is 0 Å². The zero-order chi connectivity index (χ0) is 19.6. The number of hydrogen-bond acceptors (Lipinski definition) is 3. The molecule has 3 amide bonds. The maximum Gasteiger partial charge on any atom is 0.251 e. The smallest absolute Gasteiger partial charge is 0.251 e. The Labute approximate surface area is 159 Å². The number of carbonyl (C=O) groups excluding carboxylic acids is 3. The van der Waals surface area contributed by atoms with Gasteiger partial charge >= 0.3 is 0 Å². The number of carbonyl (C=O) groups is 3. The lowest BCUT2D eigenvalue weighted by atomic mass is 10.1. The SMILES string of the molecule is CC(C)C(=O)Nc1ccc(CNC(=O)CCNC(=O)c2ccccc2)cc1. The summed E-state index contributed by atoms with van der Waals surface area (Å²) in [5.41, 5.74) is 2.23. The second-order valence-electron chi connectivity index (χ2n) is 6.49. The Balaban J connectivity index is 1.69. The Morgan fingerprint density at radius 3 is 2.19 bits per heavy atom. The van der Waals surface area contributed by atoms with Crippen molar-refractivity contribution in [1.82, 2.24) is 10.6 Å². The summed E-state index contributed by atoms with van der Waals surface area (Å²) in [6.07, 6.45) is 0.209. The van der Waals surface area contributed by atoms with E-state index in [-0.39, 0.29) is 36.6 Å². The first kappa shape index (κ1) is 20.2. The van der Waals surface area contributed by atoms with Crippen molar-refractivity contribution in [3.8, 4) is 0 Å². The minimum Gasteiger partial charge on any atom is -0.352 e. The molecule has 0 unspecified atom stereocenters. The lowest BCUT2D eigenvalue weighted by Crippen LogP contribution is -2.30. The predicted molar refractivity (Wildman–Crippen MR) is 105 cm³/mol. The molecular formula is C21H25N3O3. The van der Waals surface area contributed by atoms with Crippen LogP contribution in [0.5, 0.6) is 0 Å². The predicted octanol–water partition coefficient (Wildman–Crippen LogP) is 2.72. The molecule has 2 aromatic rings. The summed E-state index contributed by atoms with van der Waals surface area (Å²) < 4.78 is 0. The average molecular weight is 367 g/mol. The zero-order valence-corrected chi connectivity index (χ0v) is 15.6. The summed E-state index contributed by atoms with van der Waals surface area (Å²) in [4.78, 5) is 35.4. The summed E-state index contributed by atoms with van der Waals surface area (Å²) in [7, 11) is 0. The van der Waals surface area contributed by atoms with Gasteiger partial charge in [-0.3, -0.25) is 14.4 Å². The van der Waals surface area contributed by atoms with Crippen LogP contribution >= 0.6 is 0 Å². The molecule has 0 saturated carbocycles. The molecule has 0 saturated heterocycles. The average Bonchev–Trinajstić information content (AvgIpc) is 2.68. The van der Waals surface area contributed by atoms with Crippen LogP contribution in [0.15, 0.2) is 54.6 Å². The largest absolute Gasteiger partial charge is 0.352 e. The van der Waals surface area contributed by atoms with E-state index in [4.69, 9.17) is 0 Å². The normalized spacial score (nSPS) is 10.3. The number of benzene rings is 2. The first-order valence-electron chi connectivity index (χ1n) is 8.95. The molecule has 0 atom stereocenters. The van der Waals surface area contributed by atoms with Crippen molar-refractivity contribution in [2.24, 2.45) is 5.92 Å². The Morgan fingerprint density at radius 2 is 1.56 bits per heavy atom. The molecular weight excluding hydrogens is 342 g/mol. The number of amides is 3. The van der Waals surface area contributed by atoms with Crippen molar-refractivity contribution >= 4 is 23.4 Å². The van der Waals surface area contributed by atoms with Crippen LogP contribution in [0.25, 0.3) is 0 Å². The third-order valence-corrected chi connectivity index (χ3v) is 3.91. The van der Waals surface area contributed by atoms with E-state index in [1.807, 2.05) is 44.2 Å². The van der Waals surface area contributed by atoms with Gasteiger partial charge in [0.1, 0.15) is 0 Å². The third kappa shape index (κ3) is 6.93. The van der Waals surface area contributed by atoms with Gasteiger partial charge in [-0.25, -0.2) is 0 Å². The van der Waals surface area contributed by atoms with Crippen LogP contribution in [-0.4, -0.2) is 24.3 Å². The molecule has 0 heterocycles. The van der Waals surface area contributed by atoms with Crippen LogP contribution in [-0.2, 0) is 16.1 Å². The van der Waals surface area contributed by atoms with Gasteiger partial charge in [0.25, 0.3) is 5.91 Å². The van der Waals surface area contributed by atoms with Crippen LogP contribution < -0.4 is 16.0 Å². The van der Waals surface area contributed by atoms with Crippen molar-refractivity contribution < 1.29 is 14.4 Å². The van der Waals surface area contributed by atoms with E-state index < -0.39 is 0 Å². The summed E-state index contributed by atoms with van der Waals surface area (Å²) in [6.45, 7) is 4.34. The molecule has 0 aromatic heterocycles. The molecule has 27 heavy (non-hydrogen) atoms. The monoisotopic (exact) mass is 367 g/mol. The number of nitrogens with one attached hydrogen (secondary N) is 3. The first-order chi connectivity index (χ1) is 13.0. The second kappa shape index (κ2) is 10.1. The molecule has 0 aliphatic rings. The fraction of sp³-hybridized carbons (Fsp3) is 0.286. The summed E-state index contributed by atoms with van der Waals surface area (Å²) >= 11 is 0. The Morgan fingerprint density at radius 1 is 0.889 bits per heavy atom. The van der Waals surface area contributed by atoms with Crippen LogP contribution in [0.4, 0.5) is 5.69 Å². The number of rotatable bonds is 8. The molecule has 0 aliphatic heterocycles. The van der Waals surface area contributed by atoms with Crippen molar-refractivity contribution in [3.63, 3.8) is 0 Å². The maximum absolute atomic E-state index is 11.9. The highest BCUT2D eigenvalue weighted by Crippen LogP contribution is 2.11. The molecule has 6 heteroatoms. The van der Waals surface area contributed by atoms with Crippen molar-refractivity contribution in [2.45, 2.75) is 26.8 Å². The van der Waals surface area contributed by atoms with Crippen LogP contribution in [0.2, 0.25) is 0 Å². The van der Waals surface area contributed by atoms with Gasteiger partial charge in [-0.05, 0) is 29.8 Å². The van der Waals surface area contributed by atoms with E-state index in [9.17, 15) is 14.4 Å². The first-order valence-corrected chi connectivity index (χ1v) is 8.95. The number of hydrogen-bond donors (Lipinski definition) is 3. The van der Waals surface area contributed by atoms with E-state index in [1.165, 1.54) is 0 Å². The zero-order valence-electron chi connectivity index (χ0n) is 15.6. The van der Waals surface area contributed by atoms with Crippen molar-refractivity contribution in [2.75, 3.05) is 11.9 Å². The summed E-state index contributed by atoms with van der Waals surface area (Å²) in [5.74, 6) is -0.442. The van der Waals surface area contributed by atoms with Crippen LogP contribution in [0.3, 0.4) is 0 Å². The van der Waals surface area contributed by atoms with Crippen LogP contribution in [0.1, 0.15) is 36.2 Å². The van der Waals surface area contributed by atoms with Gasteiger partial charge < -0.3 is 16.0 Å². The highest BCUT2D eigenvalue weighted by atomic mass is 16.2. The van der Waals surface area contributed by atoms with Crippen LogP contribution in [0, 0.1) is 5.92 Å². The molecule has 142 valence electrons. The Bertz CT molecular complexity index is 771. The van der Waals surface area contributed by atoms with Gasteiger partial charge in [-0.1, -0.05) is 44.2 Å². The van der Waals surface area contributed by atoms with E-state index in [1.54, 1.807) is 24.3 Å². The van der Waals surface area contributed by atoms with Crippen molar-refractivity contribution in [3.05, 3.63) is 65.7 Å². The molecule has 6 nitrogen and oxygen atoms in total. The Hall–Kier alpha value is -3.15. The quantitative estimate of drug-likeness (QED) is 0.670. The molecule has 0 radical (unpaired) electrons. The fourth-order valence-corrected chi connectivity index (χ4v) is 2.26. The summed E-state index contributed by atoms with van der Waals surface area (Å²) in [5, 5.41) is 8.36. The van der Waals surface area contributed by atoms with E-state index >= 15 is 0 Å². The number of anilines is 1. The van der Waals surface area contributed by atoms with Gasteiger partial charge in [0, 0.05) is 36.7 Å². The fourth-order valence-electron chi connectivity index (χ4n) is 2.26.